The summed E-state index contributed by atoms with van der Waals surface area (Å²) in [5, 5.41) is 10.5. The van der Waals surface area contributed by atoms with E-state index < -0.39 is 12.1 Å². The molecule has 2 aliphatic rings. The molecule has 2 saturated carbocycles. The third-order valence-electron chi connectivity index (χ3n) is 6.86. The Morgan fingerprint density at radius 3 is 2.58 bits per heavy atom. The van der Waals surface area contributed by atoms with Crippen molar-refractivity contribution in [3.05, 3.63) is 48.0 Å². The van der Waals surface area contributed by atoms with Crippen LogP contribution in [0, 0.1) is 22.7 Å². The van der Waals surface area contributed by atoms with E-state index in [0.717, 1.165) is 17.9 Å². The maximum atomic E-state index is 12.1. The molecule has 0 aliphatic heterocycles. The molecule has 0 spiro atoms. The molecular weight excluding hydrogens is 300 g/mol. The number of carbonyl (C=O) groups is 1. The second-order valence-corrected chi connectivity index (χ2v) is 8.31. The van der Waals surface area contributed by atoms with Gasteiger partial charge in [-0.2, -0.15) is 0 Å². The molecule has 0 aromatic heterocycles. The summed E-state index contributed by atoms with van der Waals surface area (Å²) in [6.07, 6.45) is 2.22. The van der Waals surface area contributed by atoms with Gasteiger partial charge in [-0.3, -0.25) is 0 Å². The molecule has 1 aromatic carbocycles. The van der Waals surface area contributed by atoms with Gasteiger partial charge in [-0.1, -0.05) is 57.7 Å². The van der Waals surface area contributed by atoms with Gasteiger partial charge in [-0.05, 0) is 47.5 Å². The highest BCUT2D eigenvalue weighted by atomic mass is 16.5. The molecule has 24 heavy (non-hydrogen) atoms. The summed E-state index contributed by atoms with van der Waals surface area (Å²) in [6.45, 7) is 10.9. The molecule has 4 unspecified atom stereocenters. The van der Waals surface area contributed by atoms with E-state index in [1.165, 1.54) is 6.42 Å². The second-order valence-electron chi connectivity index (χ2n) is 8.31. The smallest absolute Gasteiger partial charge is 0.336 e. The minimum absolute atomic E-state index is 0.174. The molecule has 0 radical (unpaired) electrons. The topological polar surface area (TPSA) is 46.5 Å². The maximum absolute atomic E-state index is 12.1. The van der Waals surface area contributed by atoms with Crippen LogP contribution in [0.3, 0.4) is 0 Å². The van der Waals surface area contributed by atoms with Crippen LogP contribution in [-0.2, 0) is 16.1 Å². The first-order valence-electron chi connectivity index (χ1n) is 8.83. The first-order valence-corrected chi connectivity index (χ1v) is 8.83. The van der Waals surface area contributed by atoms with Crippen molar-refractivity contribution in [2.75, 3.05) is 0 Å². The summed E-state index contributed by atoms with van der Waals surface area (Å²) in [7, 11) is 0. The quantitative estimate of drug-likeness (QED) is 0.631. The number of hydrogen-bond donors (Lipinski definition) is 1. The molecule has 0 amide bonds. The van der Waals surface area contributed by atoms with Gasteiger partial charge in [0.2, 0.25) is 0 Å². The molecule has 0 saturated heterocycles. The van der Waals surface area contributed by atoms with E-state index in [9.17, 15) is 9.90 Å². The molecule has 130 valence electrons. The average Bonchev–Trinajstić information content (AvgIpc) is 3.19. The lowest BCUT2D eigenvalue weighted by Crippen LogP contribution is -2.32. The Bertz CT molecular complexity index is 634. The molecule has 1 aromatic rings. The molecule has 4 atom stereocenters. The van der Waals surface area contributed by atoms with Crippen molar-refractivity contribution in [2.24, 2.45) is 22.7 Å². The lowest BCUT2D eigenvalue weighted by molar-refractivity contribution is -0.141. The number of aliphatic hydroxyl groups excluding tert-OH is 1. The molecule has 0 heterocycles. The van der Waals surface area contributed by atoms with E-state index in [-0.39, 0.29) is 17.6 Å². The standard InChI is InChI=1S/C21H28O3/c1-14(19(23)24-13-15-8-6-5-7-9-15)18(22)11-16-10-17-12-21(17,4)20(16,2)3/h5-9,16-18,22H,1,10-13H2,2-4H3. The van der Waals surface area contributed by atoms with Gasteiger partial charge in [0, 0.05) is 0 Å². The van der Waals surface area contributed by atoms with Gasteiger partial charge in [-0.25, -0.2) is 4.79 Å². The molecule has 2 aliphatic carbocycles. The van der Waals surface area contributed by atoms with Gasteiger partial charge in [0.05, 0.1) is 11.7 Å². The summed E-state index contributed by atoms with van der Waals surface area (Å²) in [5.74, 6) is 0.705. The fourth-order valence-electron chi connectivity index (χ4n) is 4.44. The molecule has 3 nitrogen and oxygen atoms in total. The van der Waals surface area contributed by atoms with Gasteiger partial charge in [0.1, 0.15) is 6.61 Å². The van der Waals surface area contributed by atoms with Gasteiger partial charge in [0.25, 0.3) is 0 Å². The van der Waals surface area contributed by atoms with E-state index in [0.29, 0.717) is 17.8 Å². The first kappa shape index (κ1) is 17.2. The van der Waals surface area contributed by atoms with E-state index in [1.54, 1.807) is 0 Å². The number of rotatable bonds is 6. The zero-order valence-corrected chi connectivity index (χ0v) is 14.9. The summed E-state index contributed by atoms with van der Waals surface area (Å²) in [6, 6.07) is 9.53. The molecular formula is C21H28O3. The Kier molecular flexibility index (Phi) is 4.33. The van der Waals surface area contributed by atoms with Crippen molar-refractivity contribution in [3.8, 4) is 0 Å². The van der Waals surface area contributed by atoms with Crippen LogP contribution in [0.1, 0.15) is 45.6 Å². The lowest BCUT2D eigenvalue weighted by Gasteiger charge is -2.36. The van der Waals surface area contributed by atoms with Gasteiger partial charge < -0.3 is 9.84 Å². The monoisotopic (exact) mass is 328 g/mol. The van der Waals surface area contributed by atoms with Crippen molar-refractivity contribution in [1.82, 2.24) is 0 Å². The second kappa shape index (κ2) is 6.03. The number of aliphatic hydroxyl groups is 1. The number of benzene rings is 1. The molecule has 1 N–H and O–H groups in total. The minimum Gasteiger partial charge on any atom is -0.457 e. The first-order chi connectivity index (χ1) is 11.3. The summed E-state index contributed by atoms with van der Waals surface area (Å²) >= 11 is 0. The Morgan fingerprint density at radius 1 is 1.33 bits per heavy atom. The number of hydrogen-bond acceptors (Lipinski definition) is 3. The number of fused-ring (bicyclic) bond motifs is 1. The zero-order valence-electron chi connectivity index (χ0n) is 14.9. The Morgan fingerprint density at radius 2 is 2.00 bits per heavy atom. The van der Waals surface area contributed by atoms with Gasteiger partial charge in [-0.15, -0.1) is 0 Å². The van der Waals surface area contributed by atoms with Crippen molar-refractivity contribution < 1.29 is 14.6 Å². The van der Waals surface area contributed by atoms with Crippen molar-refractivity contribution >= 4 is 5.97 Å². The van der Waals surface area contributed by atoms with E-state index in [4.69, 9.17) is 4.74 Å². The SMILES string of the molecule is C=C(C(=O)OCc1ccccc1)C(O)CC1CC2CC2(C)C1(C)C. The van der Waals surface area contributed by atoms with Crippen LogP contribution in [0.25, 0.3) is 0 Å². The number of carbonyl (C=O) groups excluding carboxylic acids is 1. The zero-order chi connectivity index (χ0) is 17.5. The van der Waals surface area contributed by atoms with Crippen LogP contribution in [-0.4, -0.2) is 17.2 Å². The fourth-order valence-corrected chi connectivity index (χ4v) is 4.44. The molecule has 3 rings (SSSR count). The highest BCUT2D eigenvalue weighted by molar-refractivity contribution is 5.88. The van der Waals surface area contributed by atoms with Gasteiger partial charge >= 0.3 is 5.97 Å². The molecule has 2 fully saturated rings. The Balaban J connectivity index is 1.52. The Hall–Kier alpha value is -1.61. The minimum atomic E-state index is -0.821. The summed E-state index contributed by atoms with van der Waals surface area (Å²) in [5.41, 5.74) is 1.71. The Labute approximate surface area is 144 Å². The number of esters is 1. The van der Waals surface area contributed by atoms with Crippen LogP contribution in [0.4, 0.5) is 0 Å². The van der Waals surface area contributed by atoms with Crippen LogP contribution < -0.4 is 0 Å². The van der Waals surface area contributed by atoms with E-state index in [1.807, 2.05) is 30.3 Å². The van der Waals surface area contributed by atoms with Crippen LogP contribution in [0.5, 0.6) is 0 Å². The van der Waals surface area contributed by atoms with Crippen molar-refractivity contribution in [2.45, 2.75) is 52.7 Å². The fraction of sp³-hybridized carbons (Fsp3) is 0.571. The van der Waals surface area contributed by atoms with E-state index in [2.05, 4.69) is 27.4 Å². The highest BCUT2D eigenvalue weighted by Gasteiger charge is 2.67. The predicted molar refractivity (Wildman–Crippen MR) is 94.1 cm³/mol. The normalized spacial score (nSPS) is 31.2. The summed E-state index contributed by atoms with van der Waals surface area (Å²) in [4.78, 5) is 12.1. The predicted octanol–water partition coefficient (Wildman–Crippen LogP) is 4.11. The van der Waals surface area contributed by atoms with Crippen LogP contribution >= 0.6 is 0 Å². The third kappa shape index (κ3) is 2.90. The van der Waals surface area contributed by atoms with Crippen molar-refractivity contribution in [1.29, 1.82) is 0 Å². The van der Waals surface area contributed by atoms with Crippen LogP contribution in [0.15, 0.2) is 42.5 Å². The number of ether oxygens (including phenoxy) is 1. The maximum Gasteiger partial charge on any atom is 0.336 e. The highest BCUT2D eigenvalue weighted by Crippen LogP contribution is 2.74. The lowest BCUT2D eigenvalue weighted by atomic mass is 9.69. The van der Waals surface area contributed by atoms with Gasteiger partial charge in [0.15, 0.2) is 0 Å². The third-order valence-corrected chi connectivity index (χ3v) is 6.86. The van der Waals surface area contributed by atoms with E-state index >= 15 is 0 Å². The molecule has 3 heteroatoms. The van der Waals surface area contributed by atoms with Crippen LogP contribution in [0.2, 0.25) is 0 Å². The average molecular weight is 328 g/mol. The largest absolute Gasteiger partial charge is 0.457 e. The van der Waals surface area contributed by atoms with Crippen molar-refractivity contribution in [3.63, 3.8) is 0 Å². The summed E-state index contributed by atoms with van der Waals surface area (Å²) < 4.78 is 5.28. The molecule has 0 bridgehead atoms.